The van der Waals surface area contributed by atoms with E-state index in [-0.39, 0.29) is 30.5 Å². The van der Waals surface area contributed by atoms with Crippen LogP contribution in [0, 0.1) is 11.3 Å². The lowest BCUT2D eigenvalue weighted by Gasteiger charge is -2.40. The summed E-state index contributed by atoms with van der Waals surface area (Å²) in [6, 6.07) is 15.4. The SMILES string of the molecule is N#Cc1ccc(N2CCCC(NC3CCCCC3NC(=O)OCc3ccc(OC(F)(F)F)cc3)C2)cc1. The first-order chi connectivity index (χ1) is 17.8. The van der Waals surface area contributed by atoms with E-state index < -0.39 is 12.5 Å². The number of carbonyl (C=O) groups excluding carboxylic acids is 1. The van der Waals surface area contributed by atoms with Crippen molar-refractivity contribution in [2.45, 2.75) is 69.6 Å². The van der Waals surface area contributed by atoms with Crippen molar-refractivity contribution in [3.05, 3.63) is 59.7 Å². The van der Waals surface area contributed by atoms with Crippen molar-refractivity contribution in [1.82, 2.24) is 10.6 Å². The van der Waals surface area contributed by atoms with Crippen molar-refractivity contribution in [3.63, 3.8) is 0 Å². The first-order valence-electron chi connectivity index (χ1n) is 12.6. The van der Waals surface area contributed by atoms with Crippen molar-refractivity contribution >= 4 is 11.8 Å². The van der Waals surface area contributed by atoms with Gasteiger partial charge in [0.05, 0.1) is 11.6 Å². The van der Waals surface area contributed by atoms with Gasteiger partial charge in [0.1, 0.15) is 12.4 Å². The molecule has 1 aliphatic carbocycles. The molecule has 1 saturated heterocycles. The molecular weight excluding hydrogens is 485 g/mol. The van der Waals surface area contributed by atoms with E-state index in [0.29, 0.717) is 11.1 Å². The van der Waals surface area contributed by atoms with Gasteiger partial charge in [-0.15, -0.1) is 13.2 Å². The fourth-order valence-corrected chi connectivity index (χ4v) is 5.03. The third kappa shape index (κ3) is 8.02. The Labute approximate surface area is 214 Å². The number of hydrogen-bond acceptors (Lipinski definition) is 6. The van der Waals surface area contributed by atoms with E-state index in [4.69, 9.17) is 10.00 Å². The normalized spacial score (nSPS) is 22.1. The highest BCUT2D eigenvalue weighted by molar-refractivity contribution is 5.67. The summed E-state index contributed by atoms with van der Waals surface area (Å²) in [5.74, 6) is -0.322. The maximum Gasteiger partial charge on any atom is 0.573 e. The minimum Gasteiger partial charge on any atom is -0.445 e. The first-order valence-corrected chi connectivity index (χ1v) is 12.6. The van der Waals surface area contributed by atoms with Crippen molar-refractivity contribution in [2.75, 3.05) is 18.0 Å². The molecule has 37 heavy (non-hydrogen) atoms. The number of alkyl halides is 3. The van der Waals surface area contributed by atoms with Gasteiger partial charge in [-0.05, 0) is 67.6 Å². The zero-order valence-electron chi connectivity index (χ0n) is 20.5. The Morgan fingerprint density at radius 3 is 2.38 bits per heavy atom. The molecule has 2 aromatic carbocycles. The predicted molar refractivity (Wildman–Crippen MR) is 132 cm³/mol. The van der Waals surface area contributed by atoms with Crippen LogP contribution in [-0.2, 0) is 11.3 Å². The number of nitriles is 1. The van der Waals surface area contributed by atoms with Crippen molar-refractivity contribution in [2.24, 2.45) is 0 Å². The van der Waals surface area contributed by atoms with Gasteiger partial charge in [0.15, 0.2) is 0 Å². The van der Waals surface area contributed by atoms with Gasteiger partial charge < -0.3 is 25.0 Å². The predicted octanol–water partition coefficient (Wildman–Crippen LogP) is 5.25. The molecule has 1 heterocycles. The van der Waals surface area contributed by atoms with E-state index in [1.165, 1.54) is 24.3 Å². The molecule has 4 rings (SSSR count). The third-order valence-electron chi connectivity index (χ3n) is 6.83. The average molecular weight is 517 g/mol. The van der Waals surface area contributed by atoms with Gasteiger partial charge in [-0.25, -0.2) is 4.79 Å². The lowest BCUT2D eigenvalue weighted by atomic mass is 9.89. The van der Waals surface area contributed by atoms with Crippen molar-refractivity contribution in [1.29, 1.82) is 5.26 Å². The standard InChI is InChI=1S/C27H31F3N4O3/c28-27(29,30)37-23-13-9-20(10-14-23)18-36-26(35)33-25-6-2-1-5-24(25)32-21-4-3-15-34(17-21)22-11-7-19(16-31)8-12-22/h7-14,21,24-25,32H,1-6,15,17-18H2,(H,33,35). The van der Waals surface area contributed by atoms with E-state index in [9.17, 15) is 18.0 Å². The summed E-state index contributed by atoms with van der Waals surface area (Å²) in [5.41, 5.74) is 2.31. The average Bonchev–Trinajstić information content (AvgIpc) is 2.89. The van der Waals surface area contributed by atoms with Crippen molar-refractivity contribution in [3.8, 4) is 11.8 Å². The molecule has 0 radical (unpaired) electrons. The van der Waals surface area contributed by atoms with Crippen LogP contribution in [0.25, 0.3) is 0 Å². The number of halogens is 3. The Balaban J connectivity index is 1.26. The molecular formula is C27H31F3N4O3. The fraction of sp³-hybridized carbons (Fsp3) is 0.481. The number of rotatable bonds is 7. The Kier molecular flexibility index (Phi) is 8.77. The zero-order valence-corrected chi connectivity index (χ0v) is 20.5. The molecule has 7 nitrogen and oxygen atoms in total. The molecule has 3 atom stereocenters. The van der Waals surface area contributed by atoms with Gasteiger partial charge >= 0.3 is 12.5 Å². The molecule has 10 heteroatoms. The van der Waals surface area contributed by atoms with E-state index in [0.717, 1.165) is 57.3 Å². The minimum absolute atomic E-state index is 0.0505. The van der Waals surface area contributed by atoms with Crippen LogP contribution < -0.4 is 20.3 Å². The molecule has 1 saturated carbocycles. The number of benzene rings is 2. The quantitative estimate of drug-likeness (QED) is 0.523. The summed E-state index contributed by atoms with van der Waals surface area (Å²) in [7, 11) is 0. The van der Waals surface area contributed by atoms with Crippen LogP contribution in [0.2, 0.25) is 0 Å². The minimum atomic E-state index is -4.75. The summed E-state index contributed by atoms with van der Waals surface area (Å²) in [6.45, 7) is 1.77. The molecule has 2 N–H and O–H groups in total. The molecule has 0 bridgehead atoms. The number of amides is 1. The number of carbonyl (C=O) groups is 1. The van der Waals surface area contributed by atoms with Gasteiger partial charge in [-0.2, -0.15) is 5.26 Å². The Morgan fingerprint density at radius 1 is 1.00 bits per heavy atom. The second kappa shape index (κ2) is 12.2. The third-order valence-corrected chi connectivity index (χ3v) is 6.83. The number of hydrogen-bond donors (Lipinski definition) is 2. The Bertz CT molecular complexity index is 1070. The second-order valence-corrected chi connectivity index (χ2v) is 9.52. The van der Waals surface area contributed by atoms with Crippen LogP contribution in [0.5, 0.6) is 5.75 Å². The Hall–Kier alpha value is -3.45. The number of anilines is 1. The summed E-state index contributed by atoms with van der Waals surface area (Å²) in [4.78, 5) is 14.8. The van der Waals surface area contributed by atoms with E-state index in [1.54, 1.807) is 0 Å². The van der Waals surface area contributed by atoms with Gasteiger partial charge in [-0.1, -0.05) is 25.0 Å². The highest BCUT2D eigenvalue weighted by atomic mass is 19.4. The van der Waals surface area contributed by atoms with E-state index in [2.05, 4.69) is 26.3 Å². The van der Waals surface area contributed by atoms with Crippen LogP contribution in [0.4, 0.5) is 23.7 Å². The molecule has 198 valence electrons. The van der Waals surface area contributed by atoms with Crippen LogP contribution in [0.3, 0.4) is 0 Å². The molecule has 2 aromatic rings. The van der Waals surface area contributed by atoms with Gasteiger partial charge in [0.25, 0.3) is 0 Å². The van der Waals surface area contributed by atoms with E-state index in [1.807, 2.05) is 24.3 Å². The largest absolute Gasteiger partial charge is 0.573 e. The number of alkyl carbamates (subject to hydrolysis) is 1. The molecule has 1 aliphatic heterocycles. The second-order valence-electron chi connectivity index (χ2n) is 9.52. The first kappa shape index (κ1) is 26.6. The van der Waals surface area contributed by atoms with E-state index >= 15 is 0 Å². The maximum atomic E-state index is 12.5. The number of piperidine rings is 1. The maximum absolute atomic E-state index is 12.5. The topological polar surface area (TPSA) is 86.6 Å². The Morgan fingerprint density at radius 2 is 1.70 bits per heavy atom. The van der Waals surface area contributed by atoms with Gasteiger partial charge in [0, 0.05) is 36.9 Å². The molecule has 1 amide bonds. The number of nitrogens with one attached hydrogen (secondary N) is 2. The fourth-order valence-electron chi connectivity index (χ4n) is 5.03. The van der Waals surface area contributed by atoms with Crippen LogP contribution in [0.1, 0.15) is 49.7 Å². The summed E-state index contributed by atoms with van der Waals surface area (Å²) < 4.78 is 46.1. The zero-order chi connectivity index (χ0) is 26.3. The molecule has 0 spiro atoms. The van der Waals surface area contributed by atoms with Crippen molar-refractivity contribution < 1.29 is 27.4 Å². The lowest BCUT2D eigenvalue weighted by molar-refractivity contribution is -0.274. The highest BCUT2D eigenvalue weighted by Gasteiger charge is 2.32. The van der Waals surface area contributed by atoms with Crippen LogP contribution >= 0.6 is 0 Å². The summed E-state index contributed by atoms with van der Waals surface area (Å²) in [5, 5.41) is 15.8. The number of nitrogens with zero attached hydrogens (tertiary/aromatic N) is 2. The summed E-state index contributed by atoms with van der Waals surface area (Å²) in [6.07, 6.45) is 0.724. The summed E-state index contributed by atoms with van der Waals surface area (Å²) >= 11 is 0. The lowest BCUT2D eigenvalue weighted by Crippen LogP contribution is -2.57. The monoisotopic (exact) mass is 516 g/mol. The number of ether oxygens (including phenoxy) is 2. The molecule has 0 aromatic heterocycles. The van der Waals surface area contributed by atoms with Crippen LogP contribution in [0.15, 0.2) is 48.5 Å². The smallest absolute Gasteiger partial charge is 0.445 e. The molecule has 2 fully saturated rings. The van der Waals surface area contributed by atoms with Gasteiger partial charge in [-0.3, -0.25) is 0 Å². The van der Waals surface area contributed by atoms with Crippen LogP contribution in [-0.4, -0.2) is 43.7 Å². The molecule has 2 aliphatic rings. The molecule has 3 unspecified atom stereocenters. The highest BCUT2D eigenvalue weighted by Crippen LogP contribution is 2.25. The van der Waals surface area contributed by atoms with Gasteiger partial charge in [0.2, 0.25) is 0 Å².